The van der Waals surface area contributed by atoms with Gasteiger partial charge in [0, 0.05) is 6.61 Å². The van der Waals surface area contributed by atoms with E-state index in [0.717, 1.165) is 13.0 Å². The number of nitrogens with zero attached hydrogens (tertiary/aromatic N) is 1. The molecule has 0 radical (unpaired) electrons. The fourth-order valence-corrected chi connectivity index (χ4v) is 2.37. The lowest BCUT2D eigenvalue weighted by molar-refractivity contribution is 0.108. The van der Waals surface area contributed by atoms with Crippen LogP contribution in [0.15, 0.2) is 4.79 Å². The summed E-state index contributed by atoms with van der Waals surface area (Å²) in [7, 11) is 0. The molecule has 1 atom stereocenters. The largest absolute Gasteiger partial charge is 0.379 e. The van der Waals surface area contributed by atoms with Crippen LogP contribution in [0.2, 0.25) is 0 Å². The van der Waals surface area contributed by atoms with Gasteiger partial charge in [-0.1, -0.05) is 19.8 Å². The molecule has 0 aliphatic carbocycles. The summed E-state index contributed by atoms with van der Waals surface area (Å²) in [5.41, 5.74) is 5.44. The molecule has 1 aliphatic heterocycles. The van der Waals surface area contributed by atoms with Crippen molar-refractivity contribution in [2.24, 2.45) is 0 Å². The molecule has 1 unspecified atom stereocenters. The third-order valence-corrected chi connectivity index (χ3v) is 3.74. The molecule has 0 amide bonds. The van der Waals surface area contributed by atoms with Crippen molar-refractivity contribution in [1.82, 2.24) is 9.97 Å². The molecule has 9 heteroatoms. The molecule has 1 aromatic rings. The van der Waals surface area contributed by atoms with E-state index in [1.807, 2.05) is 13.8 Å². The number of H-pyrrole nitrogens is 1. The molecule has 0 fully saturated rings. The highest BCUT2D eigenvalue weighted by Crippen LogP contribution is 2.29. The lowest BCUT2D eigenvalue weighted by atomic mass is 9.92. The van der Waals surface area contributed by atoms with E-state index in [-0.39, 0.29) is 47.9 Å². The van der Waals surface area contributed by atoms with Crippen molar-refractivity contribution >= 4 is 42.3 Å². The molecule has 5 N–H and O–H groups in total. The van der Waals surface area contributed by atoms with Crippen LogP contribution >= 0.6 is 24.8 Å². The zero-order valence-electron chi connectivity index (χ0n) is 13.8. The predicted octanol–water partition coefficient (Wildman–Crippen LogP) is 2.39. The normalized spacial score (nSPS) is 17.8. The molecular weight excluding hydrogens is 341 g/mol. The number of anilines is 3. The molecule has 0 aromatic carbocycles. The van der Waals surface area contributed by atoms with Crippen LogP contribution in [-0.2, 0) is 4.74 Å². The zero-order chi connectivity index (χ0) is 15.5. The van der Waals surface area contributed by atoms with Gasteiger partial charge in [0.1, 0.15) is 5.69 Å². The van der Waals surface area contributed by atoms with Crippen LogP contribution in [0, 0.1) is 0 Å². The van der Waals surface area contributed by atoms with Gasteiger partial charge in [-0.25, -0.2) is 0 Å². The van der Waals surface area contributed by atoms with Crippen molar-refractivity contribution < 1.29 is 4.74 Å². The second-order valence-corrected chi connectivity index (χ2v) is 6.00. The number of hydrogen-bond acceptors (Lipinski definition) is 6. The van der Waals surface area contributed by atoms with E-state index in [1.54, 1.807) is 0 Å². The number of nitrogens with two attached hydrogens (primary N) is 1. The molecule has 0 bridgehead atoms. The monoisotopic (exact) mass is 367 g/mol. The average molecular weight is 368 g/mol. The van der Waals surface area contributed by atoms with Gasteiger partial charge in [0.05, 0.1) is 18.2 Å². The summed E-state index contributed by atoms with van der Waals surface area (Å²) in [5, 5.41) is 6.49. The first-order valence-electron chi connectivity index (χ1n) is 7.46. The molecule has 134 valence electrons. The predicted molar refractivity (Wildman–Crippen MR) is 99.2 cm³/mol. The summed E-state index contributed by atoms with van der Waals surface area (Å²) in [6.45, 7) is 7.53. The van der Waals surface area contributed by atoms with E-state index < -0.39 is 0 Å². The summed E-state index contributed by atoms with van der Waals surface area (Å²) in [4.78, 5) is 18.6. The van der Waals surface area contributed by atoms with E-state index >= 15 is 0 Å². The molecule has 1 aliphatic rings. The average Bonchev–Trinajstić information content (AvgIpc) is 2.38. The van der Waals surface area contributed by atoms with Crippen LogP contribution in [0.5, 0.6) is 0 Å². The number of aromatic amines is 1. The first kappa shape index (κ1) is 21.8. The number of rotatable bonds is 6. The number of ether oxygens (including phenoxy) is 1. The number of nitrogens with one attached hydrogen (secondary N) is 3. The SMILES string of the molecule is CCCCCOCC1Nc2c(nc(N)[nH]c2=O)NC1(C)C.Cl.Cl. The molecule has 0 spiro atoms. The first-order chi connectivity index (χ1) is 9.94. The Kier molecular flexibility index (Phi) is 8.73. The van der Waals surface area contributed by atoms with Gasteiger partial charge in [0.2, 0.25) is 5.95 Å². The smallest absolute Gasteiger partial charge is 0.277 e. The van der Waals surface area contributed by atoms with Gasteiger partial charge in [-0.15, -0.1) is 24.8 Å². The topological polar surface area (TPSA) is 105 Å². The van der Waals surface area contributed by atoms with Crippen molar-refractivity contribution in [2.75, 3.05) is 29.6 Å². The van der Waals surface area contributed by atoms with Gasteiger partial charge < -0.3 is 21.1 Å². The number of aromatic nitrogens is 2. The number of hydrogen-bond donors (Lipinski definition) is 4. The maximum absolute atomic E-state index is 11.9. The molecular formula is C14H27Cl2N5O2. The van der Waals surface area contributed by atoms with Gasteiger partial charge >= 0.3 is 0 Å². The van der Waals surface area contributed by atoms with Crippen LogP contribution in [0.4, 0.5) is 17.5 Å². The third-order valence-electron chi connectivity index (χ3n) is 3.74. The van der Waals surface area contributed by atoms with Crippen molar-refractivity contribution in [2.45, 2.75) is 51.6 Å². The van der Waals surface area contributed by atoms with E-state index in [1.165, 1.54) is 12.8 Å². The molecule has 0 saturated carbocycles. The summed E-state index contributed by atoms with van der Waals surface area (Å²) in [6.07, 6.45) is 3.41. The summed E-state index contributed by atoms with van der Waals surface area (Å²) >= 11 is 0. The van der Waals surface area contributed by atoms with Gasteiger partial charge in [0.25, 0.3) is 5.56 Å². The maximum atomic E-state index is 11.9. The fourth-order valence-electron chi connectivity index (χ4n) is 2.37. The molecule has 7 nitrogen and oxygen atoms in total. The molecule has 2 heterocycles. The maximum Gasteiger partial charge on any atom is 0.277 e. The second kappa shape index (κ2) is 9.20. The van der Waals surface area contributed by atoms with Crippen molar-refractivity contribution in [1.29, 1.82) is 0 Å². The van der Waals surface area contributed by atoms with Gasteiger partial charge in [-0.2, -0.15) is 4.98 Å². The van der Waals surface area contributed by atoms with Crippen LogP contribution in [0.1, 0.15) is 40.0 Å². The third kappa shape index (κ3) is 5.44. The van der Waals surface area contributed by atoms with Crippen LogP contribution in [0.25, 0.3) is 0 Å². The van der Waals surface area contributed by atoms with Crippen LogP contribution in [-0.4, -0.2) is 34.8 Å². The standard InChI is InChI=1S/C14H25N5O2.2ClH/c1-4-5-6-7-21-8-9-14(2,3)19-11-10(16-9)12(20)18-13(15)17-11;;/h9,16H,4-8H2,1-3H3,(H4,15,17,18,19,20);2*1H. The van der Waals surface area contributed by atoms with E-state index in [2.05, 4.69) is 27.5 Å². The summed E-state index contributed by atoms with van der Waals surface area (Å²) < 4.78 is 5.73. The fraction of sp³-hybridized carbons (Fsp3) is 0.714. The Hall–Kier alpha value is -1.18. The Morgan fingerprint density at radius 1 is 1.30 bits per heavy atom. The highest BCUT2D eigenvalue weighted by molar-refractivity contribution is 5.85. The summed E-state index contributed by atoms with van der Waals surface area (Å²) in [5.74, 6) is 0.599. The number of unbranched alkanes of at least 4 members (excludes halogenated alkanes) is 2. The highest BCUT2D eigenvalue weighted by atomic mass is 35.5. The lowest BCUT2D eigenvalue weighted by Gasteiger charge is -2.41. The Labute approximate surface area is 149 Å². The summed E-state index contributed by atoms with van der Waals surface area (Å²) in [6, 6.07) is -0.0156. The highest BCUT2D eigenvalue weighted by Gasteiger charge is 2.36. The van der Waals surface area contributed by atoms with Crippen molar-refractivity contribution in [3.05, 3.63) is 10.4 Å². The first-order valence-corrected chi connectivity index (χ1v) is 7.46. The lowest BCUT2D eigenvalue weighted by Crippen LogP contribution is -2.55. The van der Waals surface area contributed by atoms with Gasteiger partial charge in [-0.05, 0) is 20.3 Å². The van der Waals surface area contributed by atoms with E-state index in [0.29, 0.717) is 18.1 Å². The molecule has 2 rings (SSSR count). The van der Waals surface area contributed by atoms with E-state index in [9.17, 15) is 4.79 Å². The minimum absolute atomic E-state index is 0. The Morgan fingerprint density at radius 3 is 2.65 bits per heavy atom. The zero-order valence-corrected chi connectivity index (χ0v) is 15.4. The minimum atomic E-state index is -0.287. The Bertz CT molecular complexity index is 550. The van der Waals surface area contributed by atoms with Crippen molar-refractivity contribution in [3.8, 4) is 0 Å². The Balaban J connectivity index is 0.00000242. The van der Waals surface area contributed by atoms with Gasteiger partial charge in [-0.3, -0.25) is 9.78 Å². The quantitative estimate of drug-likeness (QED) is 0.575. The van der Waals surface area contributed by atoms with E-state index in [4.69, 9.17) is 10.5 Å². The van der Waals surface area contributed by atoms with Crippen LogP contribution < -0.4 is 21.9 Å². The van der Waals surface area contributed by atoms with Crippen molar-refractivity contribution in [3.63, 3.8) is 0 Å². The number of nitrogen functional groups attached to an aromatic ring is 1. The van der Waals surface area contributed by atoms with Crippen LogP contribution in [0.3, 0.4) is 0 Å². The molecule has 1 aromatic heterocycles. The second-order valence-electron chi connectivity index (χ2n) is 6.00. The Morgan fingerprint density at radius 2 is 2.00 bits per heavy atom. The van der Waals surface area contributed by atoms with Gasteiger partial charge in [0.15, 0.2) is 5.82 Å². The minimum Gasteiger partial charge on any atom is -0.379 e. The molecule has 23 heavy (non-hydrogen) atoms. The number of halogens is 2. The molecule has 0 saturated heterocycles. The number of fused-ring (bicyclic) bond motifs is 1.